The average Bonchev–Trinajstić information content (AvgIpc) is 2.39. The lowest BCUT2D eigenvalue weighted by molar-refractivity contribution is -0.128. The van der Waals surface area contributed by atoms with Crippen LogP contribution in [0.4, 0.5) is 4.39 Å². The van der Waals surface area contributed by atoms with Crippen molar-refractivity contribution in [2.45, 2.75) is 32.4 Å². The van der Waals surface area contributed by atoms with E-state index in [0.29, 0.717) is 13.0 Å². The Morgan fingerprint density at radius 1 is 1.45 bits per heavy atom. The summed E-state index contributed by atoms with van der Waals surface area (Å²) in [5, 5.41) is 2.94. The van der Waals surface area contributed by atoms with E-state index in [1.165, 1.54) is 12.1 Å². The normalized spacial score (nSPS) is 13.7. The molecule has 1 N–H and O–H groups in total. The first-order valence-electron chi connectivity index (χ1n) is 6.35. The van der Waals surface area contributed by atoms with E-state index in [1.54, 1.807) is 14.0 Å². The Morgan fingerprint density at radius 2 is 2.15 bits per heavy atom. The van der Waals surface area contributed by atoms with Gasteiger partial charge in [-0.05, 0) is 38.5 Å². The molecular weight excluding hydrogens is 285 g/mol. The van der Waals surface area contributed by atoms with Gasteiger partial charge in [0.15, 0.2) is 6.10 Å². The summed E-state index contributed by atoms with van der Waals surface area (Å²) in [6.45, 7) is 4.06. The molecule has 1 amide bonds. The molecule has 0 unspecified atom stereocenters. The lowest BCUT2D eigenvalue weighted by atomic mass is 10.2. The van der Waals surface area contributed by atoms with Gasteiger partial charge < -0.3 is 14.8 Å². The highest BCUT2D eigenvalue weighted by Gasteiger charge is 2.18. The Balaban J connectivity index is 2.53. The number of nitrogens with one attached hydrogen (secondary N) is 1. The number of carbonyl (C=O) groups excluding carboxylic acids is 1. The van der Waals surface area contributed by atoms with Crippen LogP contribution in [0.5, 0.6) is 5.75 Å². The molecule has 0 fully saturated rings. The number of methoxy groups -OCH3 is 1. The van der Waals surface area contributed by atoms with E-state index in [-0.39, 0.29) is 22.7 Å². The molecular formula is C14H19ClFNO3. The lowest BCUT2D eigenvalue weighted by Gasteiger charge is -2.19. The molecule has 0 saturated carbocycles. The van der Waals surface area contributed by atoms with Crippen molar-refractivity contribution >= 4 is 17.5 Å². The first-order valence-corrected chi connectivity index (χ1v) is 6.73. The van der Waals surface area contributed by atoms with Crippen molar-refractivity contribution < 1.29 is 18.7 Å². The fourth-order valence-corrected chi connectivity index (χ4v) is 1.75. The molecule has 0 aliphatic rings. The number of benzene rings is 1. The maximum Gasteiger partial charge on any atom is 0.260 e. The minimum Gasteiger partial charge on any atom is -0.479 e. The number of hydrogen-bond donors (Lipinski definition) is 1. The molecule has 1 rings (SSSR count). The Labute approximate surface area is 123 Å². The van der Waals surface area contributed by atoms with Crippen LogP contribution in [0.3, 0.4) is 0 Å². The van der Waals surface area contributed by atoms with E-state index in [0.717, 1.165) is 6.07 Å². The zero-order valence-electron chi connectivity index (χ0n) is 11.8. The maximum atomic E-state index is 12.9. The van der Waals surface area contributed by atoms with Crippen LogP contribution in [-0.4, -0.2) is 31.8 Å². The van der Waals surface area contributed by atoms with Gasteiger partial charge in [0, 0.05) is 19.8 Å². The fraction of sp³-hybridized carbons (Fsp3) is 0.500. The van der Waals surface area contributed by atoms with Crippen molar-refractivity contribution in [1.29, 1.82) is 0 Å². The third-order valence-electron chi connectivity index (χ3n) is 2.71. The van der Waals surface area contributed by atoms with Gasteiger partial charge in [-0.1, -0.05) is 11.6 Å². The van der Waals surface area contributed by atoms with E-state index < -0.39 is 11.9 Å². The number of amides is 1. The van der Waals surface area contributed by atoms with Crippen molar-refractivity contribution in [1.82, 2.24) is 5.32 Å². The quantitative estimate of drug-likeness (QED) is 0.842. The van der Waals surface area contributed by atoms with Crippen molar-refractivity contribution in [3.05, 3.63) is 29.0 Å². The van der Waals surface area contributed by atoms with Gasteiger partial charge in [0.05, 0.1) is 5.02 Å². The van der Waals surface area contributed by atoms with Crippen LogP contribution < -0.4 is 10.1 Å². The van der Waals surface area contributed by atoms with E-state index >= 15 is 0 Å². The van der Waals surface area contributed by atoms with Crippen LogP contribution in [0.1, 0.15) is 20.3 Å². The van der Waals surface area contributed by atoms with Gasteiger partial charge in [0.2, 0.25) is 0 Å². The van der Waals surface area contributed by atoms with Gasteiger partial charge in [-0.25, -0.2) is 4.39 Å². The Morgan fingerprint density at radius 3 is 2.75 bits per heavy atom. The number of halogens is 2. The number of carbonyl (C=O) groups is 1. The molecule has 2 atom stereocenters. The highest BCUT2D eigenvalue weighted by molar-refractivity contribution is 6.32. The standard InChI is InChI=1S/C14H19ClFNO3/c1-9(6-7-19-3)17-14(18)10(2)20-13-5-4-11(16)8-12(13)15/h4-5,8-10H,6-7H2,1-3H3,(H,17,18)/t9-,10+/m0/s1. The van der Waals surface area contributed by atoms with Crippen LogP contribution in [0.15, 0.2) is 18.2 Å². The highest BCUT2D eigenvalue weighted by Crippen LogP contribution is 2.25. The van der Waals surface area contributed by atoms with Gasteiger partial charge in [0.1, 0.15) is 11.6 Å². The second-order valence-corrected chi connectivity index (χ2v) is 4.93. The van der Waals surface area contributed by atoms with Crippen LogP contribution in [0, 0.1) is 5.82 Å². The summed E-state index contributed by atoms with van der Waals surface area (Å²) in [6.07, 6.45) is -0.00494. The predicted octanol–water partition coefficient (Wildman–Crippen LogP) is 2.79. The van der Waals surface area contributed by atoms with E-state index in [9.17, 15) is 9.18 Å². The molecule has 0 aliphatic heterocycles. The van der Waals surface area contributed by atoms with Crippen molar-refractivity contribution in [3.8, 4) is 5.75 Å². The summed E-state index contributed by atoms with van der Waals surface area (Å²) >= 11 is 5.84. The van der Waals surface area contributed by atoms with E-state index in [1.807, 2.05) is 6.92 Å². The Bertz CT molecular complexity index is 456. The van der Waals surface area contributed by atoms with Gasteiger partial charge >= 0.3 is 0 Å². The fourth-order valence-electron chi connectivity index (χ4n) is 1.54. The molecule has 0 aliphatic carbocycles. The number of ether oxygens (including phenoxy) is 2. The van der Waals surface area contributed by atoms with Crippen molar-refractivity contribution in [3.63, 3.8) is 0 Å². The van der Waals surface area contributed by atoms with E-state index in [4.69, 9.17) is 21.1 Å². The monoisotopic (exact) mass is 303 g/mol. The second-order valence-electron chi connectivity index (χ2n) is 4.53. The van der Waals surface area contributed by atoms with Crippen LogP contribution in [0.2, 0.25) is 5.02 Å². The third-order valence-corrected chi connectivity index (χ3v) is 3.01. The SMILES string of the molecule is COCC[C@H](C)NC(=O)[C@@H](C)Oc1ccc(F)cc1Cl. The average molecular weight is 304 g/mol. The first-order chi connectivity index (χ1) is 9.43. The van der Waals surface area contributed by atoms with Crippen LogP contribution in [-0.2, 0) is 9.53 Å². The third kappa shape index (κ3) is 5.35. The minimum absolute atomic E-state index is 0.0165. The lowest BCUT2D eigenvalue weighted by Crippen LogP contribution is -2.41. The zero-order chi connectivity index (χ0) is 15.1. The summed E-state index contributed by atoms with van der Waals surface area (Å²) in [5.74, 6) is -0.429. The predicted molar refractivity (Wildman–Crippen MR) is 75.6 cm³/mol. The number of rotatable bonds is 7. The molecule has 0 radical (unpaired) electrons. The molecule has 20 heavy (non-hydrogen) atoms. The van der Waals surface area contributed by atoms with Crippen LogP contribution in [0.25, 0.3) is 0 Å². The molecule has 4 nitrogen and oxygen atoms in total. The van der Waals surface area contributed by atoms with Crippen molar-refractivity contribution in [2.24, 2.45) is 0 Å². The molecule has 0 spiro atoms. The second kappa shape index (κ2) is 8.07. The Hall–Kier alpha value is -1.33. The maximum absolute atomic E-state index is 12.9. The topological polar surface area (TPSA) is 47.6 Å². The van der Waals surface area contributed by atoms with Gasteiger partial charge in [-0.2, -0.15) is 0 Å². The van der Waals surface area contributed by atoms with E-state index in [2.05, 4.69) is 5.32 Å². The molecule has 0 aromatic heterocycles. The summed E-state index contributed by atoms with van der Waals surface area (Å²) in [4.78, 5) is 11.9. The van der Waals surface area contributed by atoms with Crippen LogP contribution >= 0.6 is 11.6 Å². The molecule has 0 bridgehead atoms. The van der Waals surface area contributed by atoms with Crippen molar-refractivity contribution in [2.75, 3.05) is 13.7 Å². The largest absolute Gasteiger partial charge is 0.479 e. The van der Waals surface area contributed by atoms with Gasteiger partial charge in [0.25, 0.3) is 5.91 Å². The number of hydrogen-bond acceptors (Lipinski definition) is 3. The molecule has 1 aromatic rings. The smallest absolute Gasteiger partial charge is 0.260 e. The molecule has 0 saturated heterocycles. The summed E-state index contributed by atoms with van der Waals surface area (Å²) in [6, 6.07) is 3.75. The van der Waals surface area contributed by atoms with Gasteiger partial charge in [-0.15, -0.1) is 0 Å². The highest BCUT2D eigenvalue weighted by atomic mass is 35.5. The molecule has 112 valence electrons. The summed E-state index contributed by atoms with van der Waals surface area (Å²) in [5.41, 5.74) is 0. The first kappa shape index (κ1) is 16.7. The molecule has 1 aromatic carbocycles. The molecule has 0 heterocycles. The Kier molecular flexibility index (Phi) is 6.75. The summed E-state index contributed by atoms with van der Waals surface area (Å²) in [7, 11) is 1.61. The minimum atomic E-state index is -0.719. The summed E-state index contributed by atoms with van der Waals surface area (Å²) < 4.78 is 23.3. The zero-order valence-corrected chi connectivity index (χ0v) is 12.5. The molecule has 6 heteroatoms. The van der Waals surface area contributed by atoms with Gasteiger partial charge in [-0.3, -0.25) is 4.79 Å².